The molecule has 0 saturated carbocycles. The van der Waals surface area contributed by atoms with Gasteiger partial charge in [-0.3, -0.25) is 14.4 Å². The largest absolute Gasteiger partial charge is 0.507 e. The lowest BCUT2D eigenvalue weighted by molar-refractivity contribution is -0.140. The molecule has 0 fully saturated rings. The maximum atomic E-state index is 12.4. The molecule has 0 unspecified atom stereocenters. The average molecular weight is 457 g/mol. The number of carbonyl (C=O) groups excluding carboxylic acids is 3. The summed E-state index contributed by atoms with van der Waals surface area (Å²) in [5.74, 6) is -1.61. The number of hydrogen-bond donors (Lipinski definition) is 2. The number of benzene rings is 1. The van der Waals surface area contributed by atoms with Crippen molar-refractivity contribution in [3.63, 3.8) is 0 Å². The van der Waals surface area contributed by atoms with Crippen LogP contribution in [0.4, 0.5) is 0 Å². The van der Waals surface area contributed by atoms with E-state index in [9.17, 15) is 19.5 Å². The fraction of sp³-hybridized carbons (Fsp3) is 0.609. The molecule has 0 amide bonds. The van der Waals surface area contributed by atoms with Gasteiger partial charge in [0.15, 0.2) is 0 Å². The molecule has 0 aliphatic heterocycles. The van der Waals surface area contributed by atoms with Gasteiger partial charge in [0, 0.05) is 12.8 Å². The molecule has 0 atom stereocenters. The zero-order chi connectivity index (χ0) is 24.0. The van der Waals surface area contributed by atoms with E-state index in [1.807, 2.05) is 53.7 Å². The van der Waals surface area contributed by atoms with E-state index >= 15 is 0 Å². The molecule has 0 saturated heterocycles. The highest BCUT2D eigenvalue weighted by atomic mass is 32.3. The van der Waals surface area contributed by atoms with Gasteiger partial charge in [-0.2, -0.15) is 0 Å². The lowest BCUT2D eigenvalue weighted by atomic mass is 9.78. The Labute approximate surface area is 188 Å². The van der Waals surface area contributed by atoms with Crippen LogP contribution in [0.2, 0.25) is 0 Å². The number of aromatic hydroxyl groups is 1. The highest BCUT2D eigenvalue weighted by molar-refractivity contribution is 8.05. The third kappa shape index (κ3) is 8.44. The molecule has 176 valence electrons. The minimum atomic E-state index is -2.41. The van der Waals surface area contributed by atoms with Gasteiger partial charge in [0.2, 0.25) is 11.7 Å². The molecule has 1 N–H and O–H groups in total. The first-order valence-electron chi connectivity index (χ1n) is 10.5. The summed E-state index contributed by atoms with van der Waals surface area (Å²) in [4.78, 5) is 35.4. The number of phenols is 1. The van der Waals surface area contributed by atoms with E-state index in [0.717, 1.165) is 16.7 Å². The standard InChI is InChI=1S/C23H36O7S/c1-9-18(24)28-31(29-19(25)10-2)30-20(26)12-11-15-13-16(22(3,4)5)21(27)17(14-15)23(6,7)8/h13-14,27,31H,9-12H2,1-8H3. The van der Waals surface area contributed by atoms with Crippen molar-refractivity contribution in [1.29, 1.82) is 0 Å². The van der Waals surface area contributed by atoms with Crippen LogP contribution < -0.4 is 0 Å². The molecule has 0 aliphatic carbocycles. The van der Waals surface area contributed by atoms with Crippen LogP contribution in [0, 0.1) is 0 Å². The Morgan fingerprint density at radius 1 is 0.806 bits per heavy atom. The molecule has 31 heavy (non-hydrogen) atoms. The van der Waals surface area contributed by atoms with Gasteiger partial charge in [-0.1, -0.05) is 67.5 Å². The van der Waals surface area contributed by atoms with Crippen molar-refractivity contribution in [1.82, 2.24) is 0 Å². The zero-order valence-electron chi connectivity index (χ0n) is 19.8. The Bertz CT molecular complexity index is 750. The third-order valence-electron chi connectivity index (χ3n) is 4.51. The van der Waals surface area contributed by atoms with Gasteiger partial charge in [0.25, 0.3) is 0 Å². The van der Waals surface area contributed by atoms with Gasteiger partial charge in [-0.25, -0.2) is 0 Å². The predicted octanol–water partition coefficient (Wildman–Crippen LogP) is 5.12. The molecule has 1 aromatic rings. The zero-order valence-corrected chi connectivity index (χ0v) is 20.7. The van der Waals surface area contributed by atoms with Crippen molar-refractivity contribution >= 4 is 29.6 Å². The van der Waals surface area contributed by atoms with Crippen molar-refractivity contribution in [2.45, 2.75) is 91.9 Å². The van der Waals surface area contributed by atoms with E-state index in [1.165, 1.54) is 0 Å². The van der Waals surface area contributed by atoms with E-state index < -0.39 is 29.6 Å². The number of rotatable bonds is 8. The van der Waals surface area contributed by atoms with Crippen LogP contribution in [0.1, 0.15) is 91.3 Å². The maximum absolute atomic E-state index is 12.4. The van der Waals surface area contributed by atoms with E-state index in [1.54, 1.807) is 13.8 Å². The number of carbonyl (C=O) groups is 3. The highest BCUT2D eigenvalue weighted by Crippen LogP contribution is 2.40. The Morgan fingerprint density at radius 2 is 1.19 bits per heavy atom. The summed E-state index contributed by atoms with van der Waals surface area (Å²) in [6, 6.07) is 3.80. The van der Waals surface area contributed by atoms with Crippen molar-refractivity contribution in [3.8, 4) is 5.75 Å². The number of thiol groups is 1. The predicted molar refractivity (Wildman–Crippen MR) is 122 cm³/mol. The number of aryl methyl sites for hydroxylation is 1. The molecule has 0 bridgehead atoms. The van der Waals surface area contributed by atoms with Crippen molar-refractivity contribution in [2.75, 3.05) is 0 Å². The molecule has 1 aromatic carbocycles. The fourth-order valence-electron chi connectivity index (χ4n) is 2.71. The average Bonchev–Trinajstić information content (AvgIpc) is 2.64. The van der Waals surface area contributed by atoms with Crippen molar-refractivity contribution < 1.29 is 32.0 Å². The quantitative estimate of drug-likeness (QED) is 0.524. The maximum Gasteiger partial charge on any atom is 0.322 e. The van der Waals surface area contributed by atoms with Crippen LogP contribution in [0.3, 0.4) is 0 Å². The summed E-state index contributed by atoms with van der Waals surface area (Å²) in [5.41, 5.74) is 1.93. The first kappa shape index (κ1) is 26.8. The van der Waals surface area contributed by atoms with E-state index in [-0.39, 0.29) is 35.8 Å². The molecule has 0 aromatic heterocycles. The summed E-state index contributed by atoms with van der Waals surface area (Å²) < 4.78 is 15.0. The van der Waals surface area contributed by atoms with E-state index in [2.05, 4.69) is 0 Å². The Hall–Kier alpha value is -2.22. The second-order valence-corrected chi connectivity index (χ2v) is 10.4. The van der Waals surface area contributed by atoms with Gasteiger partial charge in [0.05, 0.1) is 6.42 Å². The lowest BCUT2D eigenvalue weighted by Gasteiger charge is -2.28. The van der Waals surface area contributed by atoms with Gasteiger partial charge >= 0.3 is 17.9 Å². The minimum absolute atomic E-state index is 0.00409. The highest BCUT2D eigenvalue weighted by Gasteiger charge is 2.27. The second kappa shape index (κ2) is 10.9. The first-order valence-corrected chi connectivity index (χ1v) is 11.6. The van der Waals surface area contributed by atoms with Crippen LogP contribution in [-0.2, 0) is 44.2 Å². The summed E-state index contributed by atoms with van der Waals surface area (Å²) in [5, 5.41) is 10.8. The number of phenolic OH excluding ortho intramolecular Hbond substituents is 1. The smallest absolute Gasteiger partial charge is 0.322 e. The van der Waals surface area contributed by atoms with E-state index in [4.69, 9.17) is 12.5 Å². The van der Waals surface area contributed by atoms with Crippen LogP contribution in [0.5, 0.6) is 5.75 Å². The third-order valence-corrected chi connectivity index (χ3v) is 5.57. The molecule has 8 heteroatoms. The van der Waals surface area contributed by atoms with Crippen LogP contribution in [-0.4, -0.2) is 23.0 Å². The topological polar surface area (TPSA) is 99.1 Å². The Morgan fingerprint density at radius 3 is 1.55 bits per heavy atom. The molecule has 0 heterocycles. The van der Waals surface area contributed by atoms with Gasteiger partial charge in [-0.05, 0) is 33.9 Å². The fourth-order valence-corrected chi connectivity index (χ4v) is 3.67. The molecular weight excluding hydrogens is 420 g/mol. The molecule has 0 aliphatic rings. The number of hydrogen-bond acceptors (Lipinski definition) is 7. The molecule has 7 nitrogen and oxygen atoms in total. The van der Waals surface area contributed by atoms with Gasteiger partial charge in [-0.15, -0.1) is 0 Å². The van der Waals surface area contributed by atoms with Crippen molar-refractivity contribution in [3.05, 3.63) is 28.8 Å². The summed E-state index contributed by atoms with van der Waals surface area (Å²) >= 11 is -2.41. The molecular formula is C23H36O7S. The second-order valence-electron chi connectivity index (χ2n) is 9.36. The SMILES string of the molecule is CCC(=O)O[SH](OC(=O)CC)OC(=O)CCc1cc(C(C)(C)C)c(O)c(C(C)(C)C)c1. The van der Waals surface area contributed by atoms with Gasteiger partial charge < -0.3 is 17.7 Å². The molecule has 0 radical (unpaired) electrons. The normalized spacial score (nSPS) is 12.2. The van der Waals surface area contributed by atoms with Gasteiger partial charge in [0.1, 0.15) is 5.75 Å². The van der Waals surface area contributed by atoms with Crippen LogP contribution in [0.15, 0.2) is 12.1 Å². The Kier molecular flexibility index (Phi) is 9.42. The molecule has 0 spiro atoms. The lowest BCUT2D eigenvalue weighted by Crippen LogP contribution is -2.18. The Balaban J connectivity index is 3.00. The summed E-state index contributed by atoms with van der Waals surface area (Å²) in [6.07, 6.45) is 0.499. The summed E-state index contributed by atoms with van der Waals surface area (Å²) in [6.45, 7) is 15.3. The van der Waals surface area contributed by atoms with Crippen LogP contribution in [0.25, 0.3) is 0 Å². The van der Waals surface area contributed by atoms with Crippen LogP contribution >= 0.6 is 11.7 Å². The van der Waals surface area contributed by atoms with Crippen molar-refractivity contribution in [2.24, 2.45) is 0 Å². The minimum Gasteiger partial charge on any atom is -0.507 e. The first-order chi connectivity index (χ1) is 14.2. The molecule has 1 rings (SSSR count). The summed E-state index contributed by atoms with van der Waals surface area (Å²) in [7, 11) is 0. The van der Waals surface area contributed by atoms with E-state index in [0.29, 0.717) is 6.42 Å². The monoisotopic (exact) mass is 456 g/mol.